The van der Waals surface area contributed by atoms with E-state index in [0.29, 0.717) is 0 Å². The Balaban J connectivity index is 4.83. The first-order valence-electron chi connectivity index (χ1n) is 6.13. The SMILES string of the molecule is C/C=C/C(=O)N(CC(=O)O[Si](C)(C)C)[Si](C)(C)C. The first-order chi connectivity index (χ1) is 7.97. The average molecular weight is 288 g/mol. The monoisotopic (exact) mass is 287 g/mol. The van der Waals surface area contributed by atoms with Crippen molar-refractivity contribution < 1.29 is 14.0 Å². The van der Waals surface area contributed by atoms with E-state index in [0.717, 1.165) is 0 Å². The van der Waals surface area contributed by atoms with Crippen molar-refractivity contribution in [3.63, 3.8) is 0 Å². The maximum Gasteiger partial charge on any atom is 0.311 e. The van der Waals surface area contributed by atoms with Crippen molar-refractivity contribution in [3.05, 3.63) is 12.2 Å². The second kappa shape index (κ2) is 6.33. The lowest BCUT2D eigenvalue weighted by Crippen LogP contribution is -2.52. The third kappa shape index (κ3) is 6.75. The maximum atomic E-state index is 12.0. The number of carbonyl (C=O) groups excluding carboxylic acids is 2. The van der Waals surface area contributed by atoms with Crippen LogP contribution >= 0.6 is 0 Å². The van der Waals surface area contributed by atoms with E-state index in [1.54, 1.807) is 17.6 Å². The molecule has 0 saturated carbocycles. The molecule has 0 N–H and O–H groups in total. The molecule has 0 bridgehead atoms. The Bertz CT molecular complexity index is 340. The summed E-state index contributed by atoms with van der Waals surface area (Å²) in [6.07, 6.45) is 3.19. The molecule has 0 rings (SSSR count). The van der Waals surface area contributed by atoms with Crippen molar-refractivity contribution in [1.29, 1.82) is 0 Å². The predicted molar refractivity (Wildman–Crippen MR) is 79.3 cm³/mol. The lowest BCUT2D eigenvalue weighted by Gasteiger charge is -2.33. The normalized spacial score (nSPS) is 12.6. The third-order valence-electron chi connectivity index (χ3n) is 2.09. The second-order valence-electron chi connectivity index (χ2n) is 6.18. The summed E-state index contributed by atoms with van der Waals surface area (Å²) in [7, 11) is -3.77. The van der Waals surface area contributed by atoms with Gasteiger partial charge in [-0.05, 0) is 32.6 Å². The van der Waals surface area contributed by atoms with Crippen LogP contribution < -0.4 is 0 Å². The highest BCUT2D eigenvalue weighted by molar-refractivity contribution is 6.76. The van der Waals surface area contributed by atoms with E-state index in [4.69, 9.17) is 4.43 Å². The minimum Gasteiger partial charge on any atom is -0.519 e. The van der Waals surface area contributed by atoms with E-state index in [1.807, 2.05) is 39.3 Å². The molecule has 0 radical (unpaired) electrons. The fourth-order valence-electron chi connectivity index (χ4n) is 1.38. The zero-order chi connectivity index (χ0) is 14.6. The topological polar surface area (TPSA) is 46.6 Å². The van der Waals surface area contributed by atoms with Crippen LogP contribution in [0.25, 0.3) is 0 Å². The molecule has 0 unspecified atom stereocenters. The van der Waals surface area contributed by atoms with Gasteiger partial charge in [-0.25, -0.2) is 0 Å². The van der Waals surface area contributed by atoms with E-state index in [2.05, 4.69) is 0 Å². The number of carbonyl (C=O) groups is 2. The number of rotatable bonds is 5. The molecule has 0 aliphatic carbocycles. The summed E-state index contributed by atoms with van der Waals surface area (Å²) in [5, 5.41) is 0. The Morgan fingerprint density at radius 3 is 1.94 bits per heavy atom. The Morgan fingerprint density at radius 1 is 1.11 bits per heavy atom. The van der Waals surface area contributed by atoms with Gasteiger partial charge in [-0.15, -0.1) is 0 Å². The third-order valence-corrected chi connectivity index (χ3v) is 4.93. The average Bonchev–Trinajstić information content (AvgIpc) is 2.09. The van der Waals surface area contributed by atoms with Crippen molar-refractivity contribution in [2.45, 2.75) is 46.2 Å². The van der Waals surface area contributed by atoms with Gasteiger partial charge in [0, 0.05) is 0 Å². The Hall–Kier alpha value is -0.886. The summed E-state index contributed by atoms with van der Waals surface area (Å²) in [5.74, 6) is -0.404. The van der Waals surface area contributed by atoms with Gasteiger partial charge in [0.1, 0.15) is 6.54 Å². The van der Waals surface area contributed by atoms with Gasteiger partial charge in [0.15, 0.2) is 8.24 Å². The van der Waals surface area contributed by atoms with E-state index < -0.39 is 16.6 Å². The van der Waals surface area contributed by atoms with Crippen LogP contribution in [0.3, 0.4) is 0 Å². The van der Waals surface area contributed by atoms with Gasteiger partial charge in [0.25, 0.3) is 0 Å². The summed E-state index contributed by atoms with van der Waals surface area (Å²) >= 11 is 0. The van der Waals surface area contributed by atoms with Gasteiger partial charge < -0.3 is 8.99 Å². The molecule has 18 heavy (non-hydrogen) atoms. The van der Waals surface area contributed by atoms with Crippen LogP contribution in [0.5, 0.6) is 0 Å². The Labute approximate surface area is 112 Å². The smallest absolute Gasteiger partial charge is 0.311 e. The van der Waals surface area contributed by atoms with Crippen molar-refractivity contribution in [3.8, 4) is 0 Å². The zero-order valence-corrected chi connectivity index (χ0v) is 14.5. The molecule has 0 heterocycles. The fourth-order valence-corrected chi connectivity index (χ4v) is 3.47. The summed E-state index contributed by atoms with van der Waals surface area (Å²) in [6.45, 7) is 13.8. The van der Waals surface area contributed by atoms with Crippen LogP contribution in [0.1, 0.15) is 6.92 Å². The molecule has 0 spiro atoms. The van der Waals surface area contributed by atoms with Crippen molar-refractivity contribution in [2.75, 3.05) is 6.54 Å². The summed E-state index contributed by atoms with van der Waals surface area (Å²) in [6, 6.07) is 0. The van der Waals surface area contributed by atoms with Gasteiger partial charge in [0.2, 0.25) is 14.2 Å². The van der Waals surface area contributed by atoms with Crippen LogP contribution in [0.4, 0.5) is 0 Å². The lowest BCUT2D eigenvalue weighted by atomic mass is 10.5. The van der Waals surface area contributed by atoms with E-state index >= 15 is 0 Å². The van der Waals surface area contributed by atoms with Crippen LogP contribution in [-0.4, -0.2) is 39.5 Å². The minimum absolute atomic E-state index is 0.0587. The number of nitrogens with zero attached hydrogens (tertiary/aromatic N) is 1. The van der Waals surface area contributed by atoms with Gasteiger partial charge in [-0.2, -0.15) is 0 Å². The molecule has 6 heteroatoms. The van der Waals surface area contributed by atoms with E-state index in [-0.39, 0.29) is 18.4 Å². The van der Waals surface area contributed by atoms with Crippen LogP contribution in [0.15, 0.2) is 12.2 Å². The van der Waals surface area contributed by atoms with Crippen LogP contribution in [0, 0.1) is 0 Å². The molecule has 0 aromatic heterocycles. The molecule has 0 aliphatic rings. The standard InChI is InChI=1S/C12H25NO3Si2/c1-8-9-11(14)13(17(2,3)4)10-12(15)16-18(5,6)7/h8-9H,10H2,1-7H3/b9-8+. The molecule has 104 valence electrons. The molecule has 0 atom stereocenters. The highest BCUT2D eigenvalue weighted by Gasteiger charge is 2.31. The molecule has 0 aromatic carbocycles. The van der Waals surface area contributed by atoms with Crippen molar-refractivity contribution in [2.24, 2.45) is 0 Å². The van der Waals surface area contributed by atoms with E-state index in [1.165, 1.54) is 6.08 Å². The zero-order valence-electron chi connectivity index (χ0n) is 12.5. The lowest BCUT2D eigenvalue weighted by molar-refractivity contribution is -0.138. The molecule has 0 aliphatic heterocycles. The fraction of sp³-hybridized carbons (Fsp3) is 0.667. The largest absolute Gasteiger partial charge is 0.519 e. The van der Waals surface area contributed by atoms with Crippen LogP contribution in [0.2, 0.25) is 39.3 Å². The highest BCUT2D eigenvalue weighted by atomic mass is 28.4. The molecule has 0 aromatic rings. The Kier molecular flexibility index (Phi) is 6.02. The molecule has 1 amide bonds. The van der Waals surface area contributed by atoms with Crippen molar-refractivity contribution >= 4 is 28.4 Å². The van der Waals surface area contributed by atoms with Gasteiger partial charge in [0.05, 0.1) is 0 Å². The second-order valence-corrected chi connectivity index (χ2v) is 15.5. The van der Waals surface area contributed by atoms with E-state index in [9.17, 15) is 9.59 Å². The Morgan fingerprint density at radius 2 is 1.61 bits per heavy atom. The first kappa shape index (κ1) is 17.1. The van der Waals surface area contributed by atoms with Gasteiger partial charge in [-0.3, -0.25) is 9.59 Å². The number of amides is 1. The number of hydrogen-bond acceptors (Lipinski definition) is 3. The molecular weight excluding hydrogens is 262 g/mol. The van der Waals surface area contributed by atoms with Crippen molar-refractivity contribution in [1.82, 2.24) is 4.57 Å². The first-order valence-corrected chi connectivity index (χ1v) is 13.0. The maximum absolute atomic E-state index is 12.0. The molecular formula is C12H25NO3Si2. The summed E-state index contributed by atoms with van der Waals surface area (Å²) in [5.41, 5.74) is 0. The molecule has 0 fully saturated rings. The summed E-state index contributed by atoms with van der Waals surface area (Å²) < 4.78 is 7.06. The molecule has 0 saturated heterocycles. The highest BCUT2D eigenvalue weighted by Crippen LogP contribution is 2.12. The molecule has 4 nitrogen and oxygen atoms in total. The number of hydrogen-bond donors (Lipinski definition) is 0. The minimum atomic E-state index is -1.89. The van der Waals surface area contributed by atoms with Gasteiger partial charge in [-0.1, -0.05) is 25.7 Å². The predicted octanol–water partition coefficient (Wildman–Crippen LogP) is 2.60. The van der Waals surface area contributed by atoms with Crippen LogP contribution in [-0.2, 0) is 14.0 Å². The number of allylic oxidation sites excluding steroid dienone is 1. The summed E-state index contributed by atoms with van der Waals surface area (Å²) in [4.78, 5) is 23.8. The van der Waals surface area contributed by atoms with Gasteiger partial charge >= 0.3 is 5.97 Å². The quantitative estimate of drug-likeness (QED) is 0.577.